The van der Waals surface area contributed by atoms with Gasteiger partial charge in [-0.2, -0.15) is 6.07 Å². The molecule has 2 aromatic rings. The second-order valence-electron chi connectivity index (χ2n) is 5.41. The molecule has 0 atom stereocenters. The Bertz CT molecular complexity index is 420. The summed E-state index contributed by atoms with van der Waals surface area (Å²) in [5.41, 5.74) is 0. The van der Waals surface area contributed by atoms with Crippen molar-refractivity contribution in [3.8, 4) is 0 Å². The Labute approximate surface area is 174 Å². The zero-order valence-corrected chi connectivity index (χ0v) is 21.0. The molecule has 0 amide bonds. The average molecular weight is 558 g/mol. The maximum atomic E-state index is 3.10. The molecule has 2 rings (SSSR count). The quantitative estimate of drug-likeness (QED) is 0.255. The topological polar surface area (TPSA) is 0 Å². The molecule has 0 bridgehead atoms. The van der Waals surface area contributed by atoms with E-state index in [0.717, 1.165) is 5.39 Å². The monoisotopic (exact) mass is 557 g/mol. The molecule has 0 radical (unpaired) electrons. The van der Waals surface area contributed by atoms with Crippen molar-refractivity contribution < 1.29 is 21.1 Å². The molecule has 0 N–H and O–H groups in total. The fraction of sp³-hybridized carbons (Fsp3) is 0.545. The van der Waals surface area contributed by atoms with Gasteiger partial charge in [0.25, 0.3) is 0 Å². The minimum Gasteiger partial charge on any atom is -0.286 e. The summed E-state index contributed by atoms with van der Waals surface area (Å²) in [5.74, 6) is 0. The summed E-state index contributed by atoms with van der Waals surface area (Å²) >= 11 is 0. The molecule has 0 aliphatic rings. The molecule has 0 aliphatic heterocycles. The molecule has 0 fully saturated rings. The Morgan fingerprint density at radius 1 is 0.640 bits per heavy atom. The van der Waals surface area contributed by atoms with E-state index >= 15 is 0 Å². The number of hydrogen-bond donors (Lipinski definition) is 0. The van der Waals surface area contributed by atoms with Crippen LogP contribution in [-0.4, -0.2) is 37.0 Å². The van der Waals surface area contributed by atoms with Crippen molar-refractivity contribution >= 4 is 26.6 Å². The minimum absolute atomic E-state index is 0. The van der Waals surface area contributed by atoms with Gasteiger partial charge in [0, 0.05) is 0 Å². The van der Waals surface area contributed by atoms with Gasteiger partial charge >= 0.3 is 21.1 Å². The summed E-state index contributed by atoms with van der Waals surface area (Å²) in [6.07, 6.45) is 8.51. The Hall–Kier alpha value is 0.248. The van der Waals surface area contributed by atoms with E-state index in [4.69, 9.17) is 0 Å². The first-order chi connectivity index (χ1) is 11.7. The summed E-state index contributed by atoms with van der Waals surface area (Å²) < 4.78 is 0. The number of hydrogen-bond acceptors (Lipinski definition) is 0. The van der Waals surface area contributed by atoms with Crippen LogP contribution in [0.5, 0.6) is 0 Å². The van der Waals surface area contributed by atoms with Gasteiger partial charge in [-0.25, -0.2) is 23.6 Å². The van der Waals surface area contributed by atoms with Crippen molar-refractivity contribution in [3.63, 3.8) is 0 Å². The first-order valence-corrected chi connectivity index (χ1v) is 13.2. The van der Waals surface area contributed by atoms with Crippen LogP contribution < -0.4 is 0 Å². The third-order valence-electron chi connectivity index (χ3n) is 4.17. The fourth-order valence-electron chi connectivity index (χ4n) is 2.34. The number of fused-ring (bicyclic) bond motifs is 1. The maximum absolute atomic E-state index is 3.10. The molecule has 0 nitrogen and oxygen atoms in total. The zero-order chi connectivity index (χ0) is 18.2. The van der Waals surface area contributed by atoms with Crippen molar-refractivity contribution in [2.75, 3.05) is 37.0 Å². The van der Waals surface area contributed by atoms with Gasteiger partial charge in [0.1, 0.15) is 0 Å². The molecule has 0 saturated heterocycles. The van der Waals surface area contributed by atoms with E-state index in [1.165, 1.54) is 42.4 Å². The van der Waals surface area contributed by atoms with Gasteiger partial charge in [0.15, 0.2) is 0 Å². The van der Waals surface area contributed by atoms with Gasteiger partial charge in [-0.1, -0.05) is 47.6 Å². The third-order valence-corrected chi connectivity index (χ3v) is 9.54. The average Bonchev–Trinajstić information content (AvgIpc) is 2.66. The molecule has 144 valence electrons. The van der Waals surface area contributed by atoms with Crippen molar-refractivity contribution in [1.82, 2.24) is 0 Å². The number of benzene rings is 2. The van der Waals surface area contributed by atoms with Gasteiger partial charge in [-0.15, -0.1) is 21.9 Å². The zero-order valence-electron chi connectivity index (χ0n) is 16.9. The molecule has 2 aromatic carbocycles. The first-order valence-electron chi connectivity index (χ1n) is 9.38. The molecule has 3 heteroatoms. The van der Waals surface area contributed by atoms with Crippen LogP contribution in [0, 0.1) is 12.1 Å². The van der Waals surface area contributed by atoms with Crippen LogP contribution in [0.25, 0.3) is 10.8 Å². The smallest absolute Gasteiger partial charge is 0.286 e. The second kappa shape index (κ2) is 19.0. The summed E-state index contributed by atoms with van der Waals surface area (Å²) in [5, 5.41) is 2.26. The molecule has 0 saturated carbocycles. The third kappa shape index (κ3) is 13.1. The molecule has 0 aromatic heterocycles. The molecule has 25 heavy (non-hydrogen) atoms. The summed E-state index contributed by atoms with van der Waals surface area (Å²) in [6.45, 7) is 13.7. The second-order valence-corrected chi connectivity index (χ2v) is 11.9. The summed E-state index contributed by atoms with van der Waals surface area (Å²) in [6, 6.07) is 18.1. The Kier molecular flexibility index (Phi) is 20.9. The summed E-state index contributed by atoms with van der Waals surface area (Å²) in [7, 11) is 0.892. The molecule has 0 aliphatic carbocycles. The largest absolute Gasteiger partial charge is 2.00 e. The number of rotatable bonds is 6. The molecular formula is C22H36P2Pt. The molecule has 0 heterocycles. The fourth-order valence-corrected chi connectivity index (χ4v) is 5.02. The van der Waals surface area contributed by atoms with Crippen LogP contribution in [0.4, 0.5) is 0 Å². The maximum Gasteiger partial charge on any atom is 2.00 e. The summed E-state index contributed by atoms with van der Waals surface area (Å²) in [4.78, 5) is 0. The Balaban J connectivity index is 0. The first kappa shape index (κ1) is 27.5. The SMILES string of the molecule is CCP(CC)CC.CCP(CC)CC.[Pt+2].[c-]1cccc2ccc[c-]c12. The Morgan fingerprint density at radius 3 is 1.16 bits per heavy atom. The van der Waals surface area contributed by atoms with Crippen molar-refractivity contribution in [2.45, 2.75) is 41.5 Å². The van der Waals surface area contributed by atoms with Gasteiger partial charge in [-0.05, 0) is 37.0 Å². The van der Waals surface area contributed by atoms with Crippen LogP contribution in [0.3, 0.4) is 0 Å². The van der Waals surface area contributed by atoms with Crippen LogP contribution in [0.1, 0.15) is 41.5 Å². The van der Waals surface area contributed by atoms with Gasteiger partial charge in [0.05, 0.1) is 0 Å². The van der Waals surface area contributed by atoms with E-state index in [-0.39, 0.29) is 21.1 Å². The van der Waals surface area contributed by atoms with Crippen molar-refractivity contribution in [3.05, 3.63) is 48.5 Å². The molecular weight excluding hydrogens is 521 g/mol. The van der Waals surface area contributed by atoms with Crippen molar-refractivity contribution in [1.29, 1.82) is 0 Å². The predicted octanol–water partition coefficient (Wildman–Crippen LogP) is 7.49. The van der Waals surface area contributed by atoms with Crippen LogP contribution in [0.2, 0.25) is 0 Å². The normalized spacial score (nSPS) is 9.76. The van der Waals surface area contributed by atoms with Crippen LogP contribution in [-0.2, 0) is 21.1 Å². The van der Waals surface area contributed by atoms with Crippen LogP contribution >= 0.6 is 15.8 Å². The van der Waals surface area contributed by atoms with E-state index in [0.29, 0.717) is 15.8 Å². The molecule has 0 spiro atoms. The van der Waals surface area contributed by atoms with E-state index < -0.39 is 0 Å². The van der Waals surface area contributed by atoms with Crippen LogP contribution in [0.15, 0.2) is 36.4 Å². The Morgan fingerprint density at radius 2 is 0.960 bits per heavy atom. The minimum atomic E-state index is 0. The van der Waals surface area contributed by atoms with E-state index in [1.54, 1.807) is 0 Å². The molecule has 0 unspecified atom stereocenters. The van der Waals surface area contributed by atoms with Gasteiger partial charge in [0.2, 0.25) is 0 Å². The van der Waals surface area contributed by atoms with E-state index in [9.17, 15) is 0 Å². The predicted molar refractivity (Wildman–Crippen MR) is 119 cm³/mol. The van der Waals surface area contributed by atoms with Gasteiger partial charge < -0.3 is 0 Å². The van der Waals surface area contributed by atoms with E-state index in [1.807, 2.05) is 24.3 Å². The van der Waals surface area contributed by atoms with E-state index in [2.05, 4.69) is 65.8 Å². The van der Waals surface area contributed by atoms with Gasteiger partial charge in [-0.3, -0.25) is 17.5 Å². The van der Waals surface area contributed by atoms with Crippen molar-refractivity contribution in [2.24, 2.45) is 0 Å². The standard InChI is InChI=1S/C10H6.2C6H15P.Pt/c1-2-6-10-8-4-3-7-9(10)5-1;2*1-4-7(5-2)6-3;/h1-5,7H;2*4-6H2,1-3H3;/q-2;;;+2.